The van der Waals surface area contributed by atoms with E-state index < -0.39 is 0 Å². The molecule has 0 saturated heterocycles. The summed E-state index contributed by atoms with van der Waals surface area (Å²) in [5.41, 5.74) is 2.93. The minimum atomic E-state index is 0.0440. The average molecular weight is 373 g/mol. The fourth-order valence-corrected chi connectivity index (χ4v) is 2.59. The van der Waals surface area contributed by atoms with Crippen molar-refractivity contribution >= 4 is 29.2 Å². The topological polar surface area (TPSA) is 65.5 Å². The fraction of sp³-hybridized carbons (Fsp3) is 0.300. The second kappa shape index (κ2) is 10.5. The highest BCUT2D eigenvalue weighted by atomic mass is 35.5. The molecule has 138 valence electrons. The van der Waals surface area contributed by atoms with Crippen molar-refractivity contribution in [2.75, 3.05) is 12.4 Å². The number of carbonyl (C=O) groups is 1. The van der Waals surface area contributed by atoms with E-state index in [4.69, 9.17) is 11.6 Å². The Hall–Kier alpha value is -2.53. The maximum atomic E-state index is 11.6. The molecule has 2 aromatic rings. The summed E-state index contributed by atoms with van der Waals surface area (Å²) < 4.78 is 0. The lowest BCUT2D eigenvalue weighted by Crippen LogP contribution is -2.36. The monoisotopic (exact) mass is 372 g/mol. The third-order valence-corrected chi connectivity index (χ3v) is 4.17. The SMILES string of the molecule is CCCC(=O)Nc1ccc(CNC(=NC)NCc2ccccc2Cl)cc1. The first-order valence-corrected chi connectivity index (χ1v) is 9.07. The molecule has 0 saturated carbocycles. The summed E-state index contributed by atoms with van der Waals surface area (Å²) >= 11 is 6.16. The second-order valence-corrected chi connectivity index (χ2v) is 6.27. The molecule has 0 fully saturated rings. The zero-order chi connectivity index (χ0) is 18.8. The fourth-order valence-electron chi connectivity index (χ4n) is 2.38. The molecular weight excluding hydrogens is 348 g/mol. The summed E-state index contributed by atoms with van der Waals surface area (Å²) in [6.07, 6.45) is 1.38. The van der Waals surface area contributed by atoms with Crippen LogP contribution in [0, 0.1) is 0 Å². The van der Waals surface area contributed by atoms with Gasteiger partial charge in [-0.05, 0) is 35.7 Å². The van der Waals surface area contributed by atoms with E-state index in [9.17, 15) is 4.79 Å². The molecule has 0 aliphatic heterocycles. The first-order chi connectivity index (χ1) is 12.6. The molecule has 0 unspecified atom stereocenters. The van der Waals surface area contributed by atoms with Crippen molar-refractivity contribution in [3.05, 3.63) is 64.7 Å². The number of amides is 1. The Kier molecular flexibility index (Phi) is 7.96. The molecule has 0 heterocycles. The number of aliphatic imine (C=N–C) groups is 1. The predicted molar refractivity (Wildman–Crippen MR) is 108 cm³/mol. The Bertz CT molecular complexity index is 744. The van der Waals surface area contributed by atoms with Crippen molar-refractivity contribution in [1.82, 2.24) is 10.6 Å². The van der Waals surface area contributed by atoms with E-state index in [-0.39, 0.29) is 5.91 Å². The molecule has 2 rings (SSSR count). The summed E-state index contributed by atoms with van der Waals surface area (Å²) in [6, 6.07) is 15.5. The quantitative estimate of drug-likeness (QED) is 0.509. The minimum Gasteiger partial charge on any atom is -0.352 e. The molecule has 6 heteroatoms. The molecule has 26 heavy (non-hydrogen) atoms. The number of anilines is 1. The number of rotatable bonds is 7. The van der Waals surface area contributed by atoms with E-state index in [0.717, 1.165) is 28.3 Å². The van der Waals surface area contributed by atoms with Gasteiger partial charge in [0.05, 0.1) is 0 Å². The van der Waals surface area contributed by atoms with Gasteiger partial charge in [0.1, 0.15) is 0 Å². The van der Waals surface area contributed by atoms with Gasteiger partial charge in [0.2, 0.25) is 5.91 Å². The van der Waals surface area contributed by atoms with Crippen LogP contribution in [0.3, 0.4) is 0 Å². The van der Waals surface area contributed by atoms with Crippen LogP contribution in [0.5, 0.6) is 0 Å². The van der Waals surface area contributed by atoms with Crippen LogP contribution in [0.4, 0.5) is 5.69 Å². The van der Waals surface area contributed by atoms with Crippen molar-refractivity contribution in [2.45, 2.75) is 32.9 Å². The Balaban J connectivity index is 1.82. The van der Waals surface area contributed by atoms with E-state index in [1.165, 1.54) is 0 Å². The molecule has 0 bridgehead atoms. The smallest absolute Gasteiger partial charge is 0.224 e. The van der Waals surface area contributed by atoms with Crippen molar-refractivity contribution in [3.8, 4) is 0 Å². The van der Waals surface area contributed by atoms with Crippen LogP contribution in [0.1, 0.15) is 30.9 Å². The molecular formula is C20H25ClN4O. The lowest BCUT2D eigenvalue weighted by molar-refractivity contribution is -0.116. The lowest BCUT2D eigenvalue weighted by Gasteiger charge is -2.13. The Morgan fingerprint density at radius 1 is 1.04 bits per heavy atom. The summed E-state index contributed by atoms with van der Waals surface area (Å²) in [4.78, 5) is 15.8. The normalized spacial score (nSPS) is 11.1. The number of guanidine groups is 1. The molecule has 2 aromatic carbocycles. The van der Waals surface area contributed by atoms with Crippen molar-refractivity contribution in [1.29, 1.82) is 0 Å². The van der Waals surface area contributed by atoms with Gasteiger partial charge in [0.15, 0.2) is 5.96 Å². The Morgan fingerprint density at radius 2 is 1.73 bits per heavy atom. The average Bonchev–Trinajstić information content (AvgIpc) is 2.64. The van der Waals surface area contributed by atoms with Crippen LogP contribution in [-0.2, 0) is 17.9 Å². The highest BCUT2D eigenvalue weighted by molar-refractivity contribution is 6.31. The highest BCUT2D eigenvalue weighted by Crippen LogP contribution is 2.14. The summed E-state index contributed by atoms with van der Waals surface area (Å²) in [5.74, 6) is 0.743. The van der Waals surface area contributed by atoms with Gasteiger partial charge >= 0.3 is 0 Å². The van der Waals surface area contributed by atoms with Crippen LogP contribution < -0.4 is 16.0 Å². The molecule has 0 aromatic heterocycles. The third kappa shape index (κ3) is 6.41. The molecule has 1 amide bonds. The number of carbonyl (C=O) groups excluding carboxylic acids is 1. The number of hydrogen-bond acceptors (Lipinski definition) is 2. The van der Waals surface area contributed by atoms with Gasteiger partial charge < -0.3 is 16.0 Å². The molecule has 0 aliphatic carbocycles. The maximum Gasteiger partial charge on any atom is 0.224 e. The summed E-state index contributed by atoms with van der Waals surface area (Å²) in [6.45, 7) is 3.22. The van der Waals surface area contributed by atoms with Crippen LogP contribution >= 0.6 is 11.6 Å². The molecule has 3 N–H and O–H groups in total. The van der Waals surface area contributed by atoms with Gasteiger partial charge in [-0.2, -0.15) is 0 Å². The van der Waals surface area contributed by atoms with Gasteiger partial charge in [-0.3, -0.25) is 9.79 Å². The zero-order valence-corrected chi connectivity index (χ0v) is 15.9. The standard InChI is InChI=1S/C20H25ClN4O/c1-3-6-19(26)25-17-11-9-15(10-12-17)13-23-20(22-2)24-14-16-7-4-5-8-18(16)21/h4-5,7-12H,3,6,13-14H2,1-2H3,(H,25,26)(H2,22,23,24). The first kappa shape index (κ1) is 19.8. The molecule has 0 radical (unpaired) electrons. The summed E-state index contributed by atoms with van der Waals surface area (Å²) in [5, 5.41) is 10.1. The Morgan fingerprint density at radius 3 is 2.38 bits per heavy atom. The number of hydrogen-bond donors (Lipinski definition) is 3. The zero-order valence-electron chi connectivity index (χ0n) is 15.2. The number of benzene rings is 2. The largest absolute Gasteiger partial charge is 0.352 e. The van der Waals surface area contributed by atoms with Crippen LogP contribution in [0.15, 0.2) is 53.5 Å². The van der Waals surface area contributed by atoms with Crippen LogP contribution in [-0.4, -0.2) is 18.9 Å². The van der Waals surface area contributed by atoms with E-state index in [2.05, 4.69) is 20.9 Å². The van der Waals surface area contributed by atoms with E-state index in [1.807, 2.05) is 55.5 Å². The second-order valence-electron chi connectivity index (χ2n) is 5.87. The third-order valence-electron chi connectivity index (χ3n) is 3.80. The molecule has 5 nitrogen and oxygen atoms in total. The van der Waals surface area contributed by atoms with Crippen LogP contribution in [0.2, 0.25) is 5.02 Å². The van der Waals surface area contributed by atoms with E-state index >= 15 is 0 Å². The maximum absolute atomic E-state index is 11.6. The molecule has 0 spiro atoms. The first-order valence-electron chi connectivity index (χ1n) is 8.69. The van der Waals surface area contributed by atoms with Gasteiger partial charge in [-0.25, -0.2) is 0 Å². The molecule has 0 atom stereocenters. The van der Waals surface area contributed by atoms with Crippen LogP contribution in [0.25, 0.3) is 0 Å². The summed E-state index contributed by atoms with van der Waals surface area (Å²) in [7, 11) is 1.73. The number of nitrogens with zero attached hydrogens (tertiary/aromatic N) is 1. The number of halogens is 1. The Labute approximate surface area is 159 Å². The highest BCUT2D eigenvalue weighted by Gasteiger charge is 2.03. The van der Waals surface area contributed by atoms with Crippen molar-refractivity contribution < 1.29 is 4.79 Å². The van der Waals surface area contributed by atoms with E-state index in [0.29, 0.717) is 25.5 Å². The predicted octanol–water partition coefficient (Wildman–Crippen LogP) is 3.94. The van der Waals surface area contributed by atoms with Gasteiger partial charge in [0, 0.05) is 37.3 Å². The van der Waals surface area contributed by atoms with Crippen molar-refractivity contribution in [3.63, 3.8) is 0 Å². The molecule has 0 aliphatic rings. The lowest BCUT2D eigenvalue weighted by atomic mass is 10.2. The van der Waals surface area contributed by atoms with Crippen molar-refractivity contribution in [2.24, 2.45) is 4.99 Å². The van der Waals surface area contributed by atoms with Gasteiger partial charge in [0.25, 0.3) is 0 Å². The van der Waals surface area contributed by atoms with Gasteiger partial charge in [-0.15, -0.1) is 0 Å². The minimum absolute atomic E-state index is 0.0440. The van der Waals surface area contributed by atoms with Gasteiger partial charge in [-0.1, -0.05) is 48.9 Å². The number of nitrogens with one attached hydrogen (secondary N) is 3. The van der Waals surface area contributed by atoms with E-state index in [1.54, 1.807) is 7.05 Å².